The van der Waals surface area contributed by atoms with Crippen LogP contribution >= 0.6 is 27.3 Å². The molecule has 0 aromatic carbocycles. The van der Waals surface area contributed by atoms with Crippen molar-refractivity contribution in [3.05, 3.63) is 20.8 Å². The van der Waals surface area contributed by atoms with E-state index in [0.29, 0.717) is 11.5 Å². The van der Waals surface area contributed by atoms with E-state index < -0.39 is 0 Å². The first-order valence-electron chi connectivity index (χ1n) is 6.66. The summed E-state index contributed by atoms with van der Waals surface area (Å²) in [5.41, 5.74) is 0.468. The van der Waals surface area contributed by atoms with Gasteiger partial charge in [0.25, 0.3) is 0 Å². The number of halogens is 1. The van der Waals surface area contributed by atoms with Crippen LogP contribution in [0.15, 0.2) is 15.9 Å². The summed E-state index contributed by atoms with van der Waals surface area (Å²) < 4.78 is 1.22. The van der Waals surface area contributed by atoms with Crippen molar-refractivity contribution in [1.82, 2.24) is 10.2 Å². The van der Waals surface area contributed by atoms with Crippen LogP contribution in [0.4, 0.5) is 0 Å². The van der Waals surface area contributed by atoms with E-state index in [0.717, 1.165) is 6.54 Å². The lowest BCUT2D eigenvalue weighted by Gasteiger charge is -2.38. The Morgan fingerprint density at radius 3 is 2.67 bits per heavy atom. The second kappa shape index (κ2) is 6.04. The summed E-state index contributed by atoms with van der Waals surface area (Å²) in [6.07, 6.45) is 2.61. The monoisotopic (exact) mass is 330 g/mol. The molecule has 1 aliphatic rings. The van der Waals surface area contributed by atoms with Crippen molar-refractivity contribution in [1.29, 1.82) is 0 Å². The Balaban J connectivity index is 1.84. The fourth-order valence-corrected chi connectivity index (χ4v) is 3.85. The van der Waals surface area contributed by atoms with Gasteiger partial charge in [0.2, 0.25) is 0 Å². The minimum atomic E-state index is 0.456. The van der Waals surface area contributed by atoms with Crippen LogP contribution < -0.4 is 5.32 Å². The van der Waals surface area contributed by atoms with Crippen LogP contribution in [0, 0.1) is 5.41 Å². The largest absolute Gasteiger partial charge is 0.309 e. The van der Waals surface area contributed by atoms with Gasteiger partial charge in [-0.2, -0.15) is 0 Å². The van der Waals surface area contributed by atoms with Crippen molar-refractivity contribution in [2.24, 2.45) is 5.41 Å². The van der Waals surface area contributed by atoms with Crippen molar-refractivity contribution in [3.8, 4) is 0 Å². The molecule has 1 aliphatic heterocycles. The van der Waals surface area contributed by atoms with E-state index in [1.165, 1.54) is 34.6 Å². The first-order chi connectivity index (χ1) is 8.48. The van der Waals surface area contributed by atoms with Crippen molar-refractivity contribution in [2.75, 3.05) is 26.7 Å². The van der Waals surface area contributed by atoms with Crippen LogP contribution in [0.2, 0.25) is 0 Å². The Labute approximate surface area is 123 Å². The highest BCUT2D eigenvalue weighted by Crippen LogP contribution is 2.31. The molecule has 1 N–H and O–H groups in total. The van der Waals surface area contributed by atoms with Crippen molar-refractivity contribution in [2.45, 2.75) is 32.7 Å². The molecule has 0 amide bonds. The molecule has 1 fully saturated rings. The van der Waals surface area contributed by atoms with Gasteiger partial charge in [-0.15, -0.1) is 11.3 Å². The number of nitrogens with zero attached hydrogens (tertiary/aromatic N) is 1. The number of hydrogen-bond donors (Lipinski definition) is 1. The molecule has 1 saturated heterocycles. The lowest BCUT2D eigenvalue weighted by atomic mass is 9.80. The summed E-state index contributed by atoms with van der Waals surface area (Å²) in [5, 5.41) is 3.71. The van der Waals surface area contributed by atoms with E-state index in [-0.39, 0.29) is 0 Å². The molecule has 1 aromatic rings. The van der Waals surface area contributed by atoms with Crippen molar-refractivity contribution in [3.63, 3.8) is 0 Å². The third-order valence-corrected chi connectivity index (χ3v) is 5.86. The van der Waals surface area contributed by atoms with E-state index in [9.17, 15) is 0 Å². The maximum atomic E-state index is 3.71. The first kappa shape index (κ1) is 14.5. The molecule has 18 heavy (non-hydrogen) atoms. The molecule has 1 aromatic heterocycles. The Morgan fingerprint density at radius 1 is 1.44 bits per heavy atom. The Hall–Kier alpha value is 0.1000. The quantitative estimate of drug-likeness (QED) is 0.900. The fraction of sp³-hybridized carbons (Fsp3) is 0.714. The first-order valence-corrected chi connectivity index (χ1v) is 8.27. The van der Waals surface area contributed by atoms with Crippen molar-refractivity contribution >= 4 is 27.3 Å². The van der Waals surface area contributed by atoms with Crippen LogP contribution in [-0.4, -0.2) is 31.6 Å². The highest BCUT2D eigenvalue weighted by molar-refractivity contribution is 9.11. The molecule has 0 aliphatic carbocycles. The molecule has 2 heterocycles. The number of nitrogens with one attached hydrogen (secondary N) is 1. The highest BCUT2D eigenvalue weighted by atomic mass is 79.9. The van der Waals surface area contributed by atoms with Crippen LogP contribution in [0.3, 0.4) is 0 Å². The molecule has 0 radical (unpaired) electrons. The third-order valence-electron chi connectivity index (χ3n) is 4.05. The summed E-state index contributed by atoms with van der Waals surface area (Å²) in [5.74, 6) is 0. The highest BCUT2D eigenvalue weighted by Gasteiger charge is 2.29. The van der Waals surface area contributed by atoms with Gasteiger partial charge >= 0.3 is 0 Å². The van der Waals surface area contributed by atoms with Crippen LogP contribution in [0.1, 0.15) is 37.6 Å². The zero-order chi connectivity index (χ0) is 13.2. The third kappa shape index (κ3) is 3.80. The maximum absolute atomic E-state index is 3.71. The van der Waals surface area contributed by atoms with Gasteiger partial charge in [0, 0.05) is 17.5 Å². The van der Waals surface area contributed by atoms with Crippen LogP contribution in [-0.2, 0) is 0 Å². The minimum Gasteiger partial charge on any atom is -0.309 e. The SMILES string of the molecule is CC(NCC1(C)CCN(C)CC1)c1ccc(Br)s1. The summed E-state index contributed by atoms with van der Waals surface area (Å²) in [4.78, 5) is 3.85. The Morgan fingerprint density at radius 2 is 2.11 bits per heavy atom. The van der Waals surface area contributed by atoms with Gasteiger partial charge in [-0.1, -0.05) is 6.92 Å². The summed E-state index contributed by atoms with van der Waals surface area (Å²) >= 11 is 5.36. The lowest BCUT2D eigenvalue weighted by Crippen LogP contribution is -2.42. The second-order valence-corrected chi connectivity index (χ2v) is 8.35. The van der Waals surface area contributed by atoms with E-state index >= 15 is 0 Å². The fourth-order valence-electron chi connectivity index (χ4n) is 2.40. The Bertz CT molecular complexity index is 383. The number of rotatable bonds is 4. The summed E-state index contributed by atoms with van der Waals surface area (Å²) in [7, 11) is 2.22. The van der Waals surface area contributed by atoms with E-state index in [1.54, 1.807) is 0 Å². The van der Waals surface area contributed by atoms with E-state index in [4.69, 9.17) is 0 Å². The maximum Gasteiger partial charge on any atom is 0.0701 e. The molecule has 0 saturated carbocycles. The predicted octanol–water partition coefficient (Wildman–Crippen LogP) is 3.89. The zero-order valence-electron chi connectivity index (χ0n) is 11.5. The van der Waals surface area contributed by atoms with Gasteiger partial charge in [0.15, 0.2) is 0 Å². The standard InChI is InChI=1S/C14H23BrN2S/c1-11(12-4-5-13(15)18-12)16-10-14(2)6-8-17(3)9-7-14/h4-5,11,16H,6-10H2,1-3H3. The molecule has 102 valence electrons. The Kier molecular flexibility index (Phi) is 4.86. The van der Waals surface area contributed by atoms with Gasteiger partial charge in [0.05, 0.1) is 3.79 Å². The van der Waals surface area contributed by atoms with E-state index in [1.807, 2.05) is 11.3 Å². The van der Waals surface area contributed by atoms with Gasteiger partial charge in [0.1, 0.15) is 0 Å². The minimum absolute atomic E-state index is 0.456. The molecule has 2 rings (SSSR count). The molecule has 1 unspecified atom stereocenters. The number of thiophene rings is 1. The number of piperidine rings is 1. The predicted molar refractivity (Wildman–Crippen MR) is 83.3 cm³/mol. The zero-order valence-corrected chi connectivity index (χ0v) is 13.9. The number of hydrogen-bond acceptors (Lipinski definition) is 3. The lowest BCUT2D eigenvalue weighted by molar-refractivity contribution is 0.134. The molecule has 1 atom stereocenters. The van der Waals surface area contributed by atoms with Gasteiger partial charge in [-0.25, -0.2) is 0 Å². The van der Waals surface area contributed by atoms with Crippen LogP contribution in [0.5, 0.6) is 0 Å². The topological polar surface area (TPSA) is 15.3 Å². The summed E-state index contributed by atoms with van der Waals surface area (Å²) in [6, 6.07) is 4.80. The van der Waals surface area contributed by atoms with Crippen molar-refractivity contribution < 1.29 is 0 Å². The smallest absolute Gasteiger partial charge is 0.0701 e. The van der Waals surface area contributed by atoms with Crippen LogP contribution in [0.25, 0.3) is 0 Å². The summed E-state index contributed by atoms with van der Waals surface area (Å²) in [6.45, 7) is 8.27. The molecule has 4 heteroatoms. The van der Waals surface area contributed by atoms with Gasteiger partial charge < -0.3 is 10.2 Å². The molecule has 0 spiro atoms. The van der Waals surface area contributed by atoms with Gasteiger partial charge in [-0.05, 0) is 73.4 Å². The second-order valence-electron chi connectivity index (χ2n) is 5.86. The van der Waals surface area contributed by atoms with E-state index in [2.05, 4.69) is 59.2 Å². The molecule has 0 bridgehead atoms. The molecule has 2 nitrogen and oxygen atoms in total. The normalized spacial score (nSPS) is 22.0. The molecular weight excluding hydrogens is 308 g/mol. The number of likely N-dealkylation sites (tertiary alicyclic amines) is 1. The average Bonchev–Trinajstić information content (AvgIpc) is 2.77. The average molecular weight is 331 g/mol. The molecular formula is C14H23BrN2S. The van der Waals surface area contributed by atoms with Gasteiger partial charge in [-0.3, -0.25) is 0 Å².